The Bertz CT molecular complexity index is 973. The minimum Gasteiger partial charge on any atom is -0.628 e. The lowest BCUT2D eigenvalue weighted by Gasteiger charge is -2.30. The number of nitrogens with zero attached hydrogens (tertiary/aromatic N) is 1. The molecule has 1 saturated carbocycles. The summed E-state index contributed by atoms with van der Waals surface area (Å²) >= 11 is 0. The summed E-state index contributed by atoms with van der Waals surface area (Å²) in [5.74, 6) is -0.499. The lowest BCUT2D eigenvalue weighted by molar-refractivity contribution is -0.792. The number of nitrogens with one attached hydrogen (secondary N) is 1. The van der Waals surface area contributed by atoms with Crippen molar-refractivity contribution in [3.8, 4) is 11.5 Å². The van der Waals surface area contributed by atoms with Crippen molar-refractivity contribution in [3.05, 3.63) is 53.0 Å². The smallest absolute Gasteiger partial charge is 0.245 e. The van der Waals surface area contributed by atoms with Gasteiger partial charge in [-0.25, -0.2) is 4.98 Å². The van der Waals surface area contributed by atoms with E-state index < -0.39 is 17.9 Å². The Kier molecular flexibility index (Phi) is 6.20. The summed E-state index contributed by atoms with van der Waals surface area (Å²) < 4.78 is 11.9. The topological polar surface area (TPSA) is 119 Å². The second-order valence-electron chi connectivity index (χ2n) is 8.05. The van der Waals surface area contributed by atoms with E-state index in [1.54, 1.807) is 30.3 Å². The molecule has 0 radical (unpaired) electrons. The molecule has 3 N–H and O–H groups in total. The standard InChI is InChI=1S/C23H27N3O5/c1-2-30-19-12-14(9-10-18(19)31-15-6-3-4-7-15)16(13-20(24)27)22-23(28)21-17(26(22)29)8-5-11-25-21/h5,8-12,15-16,22,26H,2-4,6-7,13H2,1H3,(H2,24,27). The number of ether oxygens (including phenoxy) is 2. The van der Waals surface area contributed by atoms with Gasteiger partial charge in [-0.15, -0.1) is 0 Å². The molecule has 2 aliphatic rings. The molecule has 3 atom stereocenters. The maximum absolute atomic E-state index is 13.0. The molecule has 164 valence electrons. The molecule has 0 spiro atoms. The Morgan fingerprint density at radius 1 is 1.29 bits per heavy atom. The fourth-order valence-corrected chi connectivity index (χ4v) is 4.55. The van der Waals surface area contributed by atoms with Crippen molar-refractivity contribution in [2.45, 2.75) is 57.1 Å². The van der Waals surface area contributed by atoms with Gasteiger partial charge in [0.25, 0.3) is 0 Å². The summed E-state index contributed by atoms with van der Waals surface area (Å²) in [6.07, 6.45) is 5.82. The summed E-state index contributed by atoms with van der Waals surface area (Å²) in [6.45, 7) is 2.31. The third kappa shape index (κ3) is 4.26. The predicted octanol–water partition coefficient (Wildman–Crippen LogP) is 2.04. The quantitative estimate of drug-likeness (QED) is 0.625. The molecule has 1 aromatic carbocycles. The number of aromatic nitrogens is 1. The lowest BCUT2D eigenvalue weighted by Crippen LogP contribution is -3.06. The van der Waals surface area contributed by atoms with E-state index in [0.29, 0.717) is 23.7 Å². The Morgan fingerprint density at radius 2 is 2.06 bits per heavy atom. The Balaban J connectivity index is 1.68. The first-order valence-corrected chi connectivity index (χ1v) is 10.7. The summed E-state index contributed by atoms with van der Waals surface area (Å²) in [5, 5.41) is 12.7. The number of carbonyl (C=O) groups excluding carboxylic acids is 2. The molecule has 3 unspecified atom stereocenters. The number of fused-ring (bicyclic) bond motifs is 1. The molecule has 8 nitrogen and oxygen atoms in total. The van der Waals surface area contributed by atoms with Gasteiger partial charge in [0.15, 0.2) is 28.9 Å². The number of hydroxylamine groups is 1. The zero-order chi connectivity index (χ0) is 22.0. The number of hydrogen-bond acceptors (Lipinski definition) is 6. The van der Waals surface area contributed by atoms with E-state index in [1.807, 2.05) is 6.92 Å². The van der Waals surface area contributed by atoms with Crippen LogP contribution < -0.4 is 20.3 Å². The van der Waals surface area contributed by atoms with E-state index in [1.165, 1.54) is 6.20 Å². The number of ketones is 1. The van der Waals surface area contributed by atoms with Crippen molar-refractivity contribution in [2.24, 2.45) is 5.73 Å². The van der Waals surface area contributed by atoms with Crippen LogP contribution in [0.4, 0.5) is 5.69 Å². The van der Waals surface area contributed by atoms with Gasteiger partial charge in [-0.1, -0.05) is 6.07 Å². The highest BCUT2D eigenvalue weighted by Crippen LogP contribution is 2.37. The van der Waals surface area contributed by atoms with Crippen molar-refractivity contribution in [1.82, 2.24) is 4.98 Å². The van der Waals surface area contributed by atoms with E-state index >= 15 is 0 Å². The highest BCUT2D eigenvalue weighted by Gasteiger charge is 2.45. The SMILES string of the molecule is CCOc1cc(C(CC(N)=O)C2C(=O)c3ncccc3[NH+]2[O-])ccc1OC1CCCC1. The zero-order valence-electron chi connectivity index (χ0n) is 17.5. The number of nitrogens with two attached hydrogens (primary N) is 1. The van der Waals surface area contributed by atoms with Gasteiger partial charge in [-0.3, -0.25) is 9.59 Å². The van der Waals surface area contributed by atoms with E-state index in [2.05, 4.69) is 4.98 Å². The van der Waals surface area contributed by atoms with Crippen LogP contribution in [0, 0.1) is 5.21 Å². The van der Waals surface area contributed by atoms with Crippen LogP contribution in [-0.2, 0) is 4.79 Å². The number of Topliss-reactive ketones (excluding diaryl/α,β-unsaturated/α-hetero) is 1. The minimum atomic E-state index is -1.03. The molecule has 0 bridgehead atoms. The van der Waals surface area contributed by atoms with E-state index in [9.17, 15) is 14.8 Å². The molecule has 0 saturated heterocycles. The summed E-state index contributed by atoms with van der Waals surface area (Å²) in [6, 6.07) is 7.53. The maximum atomic E-state index is 13.0. The van der Waals surface area contributed by atoms with Crippen LogP contribution in [0.5, 0.6) is 11.5 Å². The molecule has 1 aliphatic carbocycles. The second kappa shape index (κ2) is 9.03. The van der Waals surface area contributed by atoms with Gasteiger partial charge in [0.2, 0.25) is 11.7 Å². The fraction of sp³-hybridized carbons (Fsp3) is 0.435. The lowest BCUT2D eigenvalue weighted by atomic mass is 9.86. The summed E-state index contributed by atoms with van der Waals surface area (Å²) in [4.78, 5) is 29.0. The van der Waals surface area contributed by atoms with Crippen LogP contribution in [-0.4, -0.2) is 35.4 Å². The molecule has 2 aromatic rings. The highest BCUT2D eigenvalue weighted by molar-refractivity contribution is 6.04. The Labute approximate surface area is 180 Å². The Morgan fingerprint density at radius 3 is 2.74 bits per heavy atom. The Hall–Kier alpha value is -2.97. The average molecular weight is 425 g/mol. The largest absolute Gasteiger partial charge is 0.628 e. The van der Waals surface area contributed by atoms with Crippen molar-refractivity contribution in [1.29, 1.82) is 0 Å². The van der Waals surface area contributed by atoms with E-state index in [-0.39, 0.29) is 34.8 Å². The van der Waals surface area contributed by atoms with Gasteiger partial charge >= 0.3 is 0 Å². The van der Waals surface area contributed by atoms with Gasteiger partial charge in [-0.05, 0) is 56.4 Å². The maximum Gasteiger partial charge on any atom is 0.245 e. The van der Waals surface area contributed by atoms with E-state index in [0.717, 1.165) is 25.7 Å². The molecule has 1 amide bonds. The number of quaternary nitrogens is 1. The molecular formula is C23H27N3O5. The molecule has 1 aromatic heterocycles. The van der Waals surface area contributed by atoms with Gasteiger partial charge < -0.3 is 25.5 Å². The summed E-state index contributed by atoms with van der Waals surface area (Å²) in [5.41, 5.74) is 6.58. The number of benzene rings is 1. The number of carbonyl (C=O) groups is 2. The fourth-order valence-electron chi connectivity index (χ4n) is 4.55. The number of hydrogen-bond donors (Lipinski definition) is 2. The highest BCUT2D eigenvalue weighted by atomic mass is 16.5. The zero-order valence-corrected chi connectivity index (χ0v) is 17.5. The van der Waals surface area contributed by atoms with Crippen LogP contribution >= 0.6 is 0 Å². The number of pyridine rings is 1. The monoisotopic (exact) mass is 425 g/mol. The molecule has 2 heterocycles. The van der Waals surface area contributed by atoms with Crippen LogP contribution in [0.3, 0.4) is 0 Å². The van der Waals surface area contributed by atoms with Crippen molar-refractivity contribution >= 4 is 17.4 Å². The first-order chi connectivity index (χ1) is 15.0. The molecule has 1 aliphatic heterocycles. The van der Waals surface area contributed by atoms with Crippen molar-refractivity contribution < 1.29 is 24.1 Å². The van der Waals surface area contributed by atoms with Crippen molar-refractivity contribution in [2.75, 3.05) is 6.61 Å². The van der Waals surface area contributed by atoms with Crippen molar-refractivity contribution in [3.63, 3.8) is 0 Å². The van der Waals surface area contributed by atoms with Crippen LogP contribution in [0.1, 0.15) is 61.0 Å². The molecule has 4 rings (SSSR count). The first-order valence-electron chi connectivity index (χ1n) is 10.7. The minimum absolute atomic E-state index is 0.134. The average Bonchev–Trinajstić information content (AvgIpc) is 3.35. The van der Waals surface area contributed by atoms with Gasteiger partial charge in [0.05, 0.1) is 18.6 Å². The van der Waals surface area contributed by atoms with Crippen LogP contribution in [0.2, 0.25) is 0 Å². The second-order valence-corrected chi connectivity index (χ2v) is 8.05. The summed E-state index contributed by atoms with van der Waals surface area (Å²) in [7, 11) is 0. The molecular weight excluding hydrogens is 398 g/mol. The number of primary amides is 1. The molecule has 8 heteroatoms. The molecule has 1 fully saturated rings. The first kappa shape index (κ1) is 21.3. The number of rotatable bonds is 8. The van der Waals surface area contributed by atoms with Crippen LogP contribution in [0.15, 0.2) is 36.5 Å². The van der Waals surface area contributed by atoms with Crippen LogP contribution in [0.25, 0.3) is 0 Å². The number of amides is 1. The third-order valence-electron chi connectivity index (χ3n) is 5.99. The predicted molar refractivity (Wildman–Crippen MR) is 113 cm³/mol. The van der Waals surface area contributed by atoms with Gasteiger partial charge in [0.1, 0.15) is 0 Å². The molecule has 31 heavy (non-hydrogen) atoms. The van der Waals surface area contributed by atoms with Gasteiger partial charge in [-0.2, -0.15) is 0 Å². The van der Waals surface area contributed by atoms with E-state index in [4.69, 9.17) is 15.2 Å². The third-order valence-corrected chi connectivity index (χ3v) is 5.99. The normalized spacial score (nSPS) is 21.7. The van der Waals surface area contributed by atoms with Gasteiger partial charge in [0, 0.05) is 18.7 Å².